The molecule has 0 aliphatic heterocycles. The summed E-state index contributed by atoms with van der Waals surface area (Å²) in [5.41, 5.74) is 4.04. The Bertz CT molecular complexity index is 824. The summed E-state index contributed by atoms with van der Waals surface area (Å²) >= 11 is 0. The molecular weight excluding hydrogens is 400 g/mol. The second-order valence-corrected chi connectivity index (χ2v) is 15.4. The van der Waals surface area contributed by atoms with Crippen LogP contribution >= 0.6 is 0 Å². The minimum absolute atomic E-state index is 0.0935. The molecule has 0 aromatic carbocycles. The Hall–Kier alpha value is -0.300. The molecule has 0 bridgehead atoms. The second-order valence-electron chi connectivity index (χ2n) is 15.4. The van der Waals surface area contributed by atoms with Crippen LogP contribution in [0.2, 0.25) is 0 Å². The monoisotopic (exact) mass is 454 g/mol. The second kappa shape index (κ2) is 7.14. The molecule has 9 atom stereocenters. The maximum Gasteiger partial charge on any atom is 0.0594 e. The number of allylic oxidation sites excluding steroid dienone is 1. The highest BCUT2D eigenvalue weighted by atomic mass is 16.3. The van der Waals surface area contributed by atoms with Gasteiger partial charge in [-0.3, -0.25) is 0 Å². The zero-order valence-electron chi connectivity index (χ0n) is 23.3. The van der Waals surface area contributed by atoms with Crippen LogP contribution in [0, 0.1) is 56.2 Å². The maximum atomic E-state index is 10.9. The van der Waals surface area contributed by atoms with Crippen LogP contribution in [0.3, 0.4) is 0 Å². The number of hydrogen-bond donors (Lipinski definition) is 1. The largest absolute Gasteiger partial charge is 0.393 e. The molecule has 0 aromatic rings. The van der Waals surface area contributed by atoms with E-state index < -0.39 is 0 Å². The van der Waals surface area contributed by atoms with Crippen molar-refractivity contribution < 1.29 is 5.11 Å². The van der Waals surface area contributed by atoms with E-state index in [0.29, 0.717) is 33.0 Å². The molecule has 9 unspecified atom stereocenters. The van der Waals surface area contributed by atoms with E-state index >= 15 is 0 Å². The minimum Gasteiger partial charge on any atom is -0.393 e. The number of aliphatic hydroxyl groups is 1. The number of aliphatic hydroxyl groups excluding tert-OH is 1. The molecule has 0 aromatic heterocycles. The molecule has 1 nitrogen and oxygen atoms in total. The highest BCUT2D eigenvalue weighted by Crippen LogP contribution is 2.92. The van der Waals surface area contributed by atoms with Gasteiger partial charge in [-0.15, -0.1) is 0 Å². The van der Waals surface area contributed by atoms with E-state index in [9.17, 15) is 5.11 Å². The van der Waals surface area contributed by atoms with E-state index in [-0.39, 0.29) is 11.5 Å². The normalized spacial score (nSPS) is 53.0. The molecule has 1 N–H and O–H groups in total. The first-order valence-electron chi connectivity index (χ1n) is 14.6. The van der Waals surface area contributed by atoms with E-state index in [1.807, 2.05) is 0 Å². The lowest BCUT2D eigenvalue weighted by Crippen LogP contribution is -2.62. The van der Waals surface area contributed by atoms with Gasteiger partial charge in [0.15, 0.2) is 0 Å². The van der Waals surface area contributed by atoms with Crippen molar-refractivity contribution in [2.75, 3.05) is 0 Å². The molecule has 0 saturated heterocycles. The quantitative estimate of drug-likeness (QED) is 0.411. The van der Waals surface area contributed by atoms with Gasteiger partial charge in [-0.2, -0.15) is 0 Å². The molecule has 5 saturated carbocycles. The average molecular weight is 455 g/mol. The van der Waals surface area contributed by atoms with Crippen molar-refractivity contribution in [3.05, 3.63) is 12.2 Å². The first-order valence-corrected chi connectivity index (χ1v) is 14.6. The van der Waals surface area contributed by atoms with Gasteiger partial charge >= 0.3 is 0 Å². The molecule has 0 amide bonds. The van der Waals surface area contributed by atoms with Crippen LogP contribution in [-0.4, -0.2) is 11.2 Å². The Labute approximate surface area is 205 Å². The highest BCUT2D eigenvalue weighted by molar-refractivity contribution is 5.34. The predicted molar refractivity (Wildman–Crippen MR) is 140 cm³/mol. The summed E-state index contributed by atoms with van der Waals surface area (Å²) in [4.78, 5) is 0. The highest BCUT2D eigenvalue weighted by Gasteiger charge is 2.85. The summed E-state index contributed by atoms with van der Waals surface area (Å²) in [6, 6.07) is 0. The van der Waals surface area contributed by atoms with E-state index in [4.69, 9.17) is 0 Å². The van der Waals surface area contributed by atoms with Crippen LogP contribution in [0.1, 0.15) is 126 Å². The SMILES string of the molecule is C=C(CCC(C)C1CCC2(C)C1(C)CCC13CC14CCC(O)C(C)(C)C4CCC23C)C(C)C. The van der Waals surface area contributed by atoms with Crippen LogP contribution in [0.4, 0.5) is 0 Å². The van der Waals surface area contributed by atoms with Crippen molar-refractivity contribution in [1.82, 2.24) is 0 Å². The molecule has 5 aliphatic rings. The van der Waals surface area contributed by atoms with Crippen LogP contribution in [0.15, 0.2) is 12.2 Å². The molecule has 188 valence electrons. The number of fused-ring (bicyclic) bond motifs is 2. The molecule has 33 heavy (non-hydrogen) atoms. The molecule has 1 heteroatoms. The summed E-state index contributed by atoms with van der Waals surface area (Å²) in [7, 11) is 0. The Morgan fingerprint density at radius 1 is 0.879 bits per heavy atom. The van der Waals surface area contributed by atoms with E-state index in [2.05, 4.69) is 62.0 Å². The predicted octanol–water partition coefficient (Wildman–Crippen LogP) is 8.81. The molecule has 5 aliphatic carbocycles. The molecular formula is C32H54O. The van der Waals surface area contributed by atoms with Gasteiger partial charge in [-0.25, -0.2) is 0 Å². The average Bonchev–Trinajstić information content (AvgIpc) is 3.33. The fourth-order valence-electron chi connectivity index (χ4n) is 11.8. The van der Waals surface area contributed by atoms with E-state index in [1.165, 1.54) is 69.8 Å². The third-order valence-corrected chi connectivity index (χ3v) is 14.5. The Balaban J connectivity index is 1.43. The summed E-state index contributed by atoms with van der Waals surface area (Å²) in [5.74, 6) is 3.02. The van der Waals surface area contributed by atoms with Crippen molar-refractivity contribution >= 4 is 0 Å². The first-order chi connectivity index (χ1) is 15.2. The van der Waals surface area contributed by atoms with Gasteiger partial charge in [0.05, 0.1) is 6.10 Å². The Kier molecular flexibility index (Phi) is 5.28. The van der Waals surface area contributed by atoms with E-state index in [1.54, 1.807) is 0 Å². The van der Waals surface area contributed by atoms with E-state index in [0.717, 1.165) is 24.2 Å². The van der Waals surface area contributed by atoms with Crippen molar-refractivity contribution in [1.29, 1.82) is 0 Å². The first kappa shape index (κ1) is 24.4. The topological polar surface area (TPSA) is 20.2 Å². The van der Waals surface area contributed by atoms with Crippen LogP contribution in [0.5, 0.6) is 0 Å². The number of rotatable bonds is 5. The molecule has 0 heterocycles. The van der Waals surface area contributed by atoms with Crippen LogP contribution in [-0.2, 0) is 0 Å². The van der Waals surface area contributed by atoms with Gasteiger partial charge in [0.2, 0.25) is 0 Å². The summed E-state index contributed by atoms with van der Waals surface area (Å²) in [6.07, 6.45) is 14.8. The van der Waals surface area contributed by atoms with Crippen molar-refractivity contribution in [3.63, 3.8) is 0 Å². The molecule has 2 spiro atoms. The van der Waals surface area contributed by atoms with Crippen molar-refractivity contribution in [2.45, 2.75) is 132 Å². The summed E-state index contributed by atoms with van der Waals surface area (Å²) in [5, 5.41) is 10.9. The van der Waals surface area contributed by atoms with Gasteiger partial charge in [-0.05, 0) is 127 Å². The lowest BCUT2D eigenvalue weighted by molar-refractivity contribution is -0.209. The lowest BCUT2D eigenvalue weighted by atomic mass is 9.36. The third kappa shape index (κ3) is 2.70. The van der Waals surface area contributed by atoms with Gasteiger partial charge < -0.3 is 5.11 Å². The third-order valence-electron chi connectivity index (χ3n) is 14.5. The summed E-state index contributed by atoms with van der Waals surface area (Å²) in [6.45, 7) is 24.6. The molecule has 5 rings (SSSR count). The van der Waals surface area contributed by atoms with Crippen LogP contribution < -0.4 is 0 Å². The Morgan fingerprint density at radius 3 is 2.21 bits per heavy atom. The van der Waals surface area contributed by atoms with Gasteiger partial charge in [-0.1, -0.05) is 67.5 Å². The molecule has 0 radical (unpaired) electrons. The number of hydrogen-bond acceptors (Lipinski definition) is 1. The summed E-state index contributed by atoms with van der Waals surface area (Å²) < 4.78 is 0. The van der Waals surface area contributed by atoms with Crippen LogP contribution in [0.25, 0.3) is 0 Å². The minimum atomic E-state index is -0.100. The van der Waals surface area contributed by atoms with Crippen molar-refractivity contribution in [2.24, 2.45) is 56.2 Å². The maximum absolute atomic E-state index is 10.9. The molecule has 5 fully saturated rings. The smallest absolute Gasteiger partial charge is 0.0594 e. The van der Waals surface area contributed by atoms with Crippen molar-refractivity contribution in [3.8, 4) is 0 Å². The standard InChI is InChI=1S/C32H54O/c1-21(2)22(3)10-11-23(4)24-12-15-29(8)28(24,7)18-19-32-20-31(32)17-14-26(33)27(5,6)25(31)13-16-30(29,32)9/h21,23-26,33H,3,10-20H2,1-2,4-9H3. The fourth-order valence-corrected chi connectivity index (χ4v) is 11.8. The zero-order valence-corrected chi connectivity index (χ0v) is 23.3. The fraction of sp³-hybridized carbons (Fsp3) is 0.938. The van der Waals surface area contributed by atoms with Gasteiger partial charge in [0, 0.05) is 0 Å². The lowest BCUT2D eigenvalue weighted by Gasteiger charge is -2.68. The van der Waals surface area contributed by atoms with Gasteiger partial charge in [0.25, 0.3) is 0 Å². The van der Waals surface area contributed by atoms with Gasteiger partial charge in [0.1, 0.15) is 0 Å². The zero-order chi connectivity index (χ0) is 24.2. The Morgan fingerprint density at radius 2 is 1.55 bits per heavy atom.